The minimum atomic E-state index is -0.762. The lowest BCUT2D eigenvalue weighted by Gasteiger charge is -2.18. The molecule has 1 unspecified atom stereocenters. The van der Waals surface area contributed by atoms with Gasteiger partial charge in [-0.3, -0.25) is 14.4 Å². The zero-order valence-corrected chi connectivity index (χ0v) is 49.4. The highest BCUT2D eigenvalue weighted by Gasteiger charge is 2.19. The number of rotatable bonds is 61. The van der Waals surface area contributed by atoms with Crippen LogP contribution < -0.4 is 0 Å². The Morgan fingerprint density at radius 3 is 0.753 bits per heavy atom. The Morgan fingerprint density at radius 2 is 0.493 bits per heavy atom. The normalized spacial score (nSPS) is 12.1. The van der Waals surface area contributed by atoms with Crippen molar-refractivity contribution in [1.82, 2.24) is 0 Å². The van der Waals surface area contributed by atoms with E-state index in [-0.39, 0.29) is 31.1 Å². The molecule has 0 bridgehead atoms. The van der Waals surface area contributed by atoms with Gasteiger partial charge in [0.2, 0.25) is 0 Å². The van der Waals surface area contributed by atoms with Crippen LogP contribution in [0.25, 0.3) is 0 Å². The Kier molecular flexibility index (Phi) is 60.6. The molecule has 0 saturated heterocycles. The van der Waals surface area contributed by atoms with Gasteiger partial charge in [-0.1, -0.05) is 321 Å². The molecule has 6 heteroatoms. The average Bonchev–Trinajstić information content (AvgIpc) is 3.39. The molecule has 0 amide bonds. The third kappa shape index (κ3) is 60.6. The lowest BCUT2D eigenvalue weighted by Crippen LogP contribution is -2.30. The summed E-state index contributed by atoms with van der Waals surface area (Å²) in [6.45, 7) is 6.62. The molecule has 0 fully saturated rings. The predicted octanol–water partition coefficient (Wildman–Crippen LogP) is 22.2. The lowest BCUT2D eigenvalue weighted by molar-refractivity contribution is -0.167. The van der Waals surface area contributed by atoms with Gasteiger partial charge in [0, 0.05) is 19.3 Å². The van der Waals surface area contributed by atoms with Crippen LogP contribution in [0.1, 0.15) is 367 Å². The second kappa shape index (κ2) is 62.4. The topological polar surface area (TPSA) is 78.9 Å². The second-order valence-electron chi connectivity index (χ2n) is 22.4. The van der Waals surface area contributed by atoms with Crippen molar-refractivity contribution in [3.63, 3.8) is 0 Å². The molecular weight excluding hydrogens is 901 g/mol. The summed E-state index contributed by atoms with van der Waals surface area (Å²) in [6.07, 6.45) is 75.4. The van der Waals surface area contributed by atoms with Gasteiger partial charge in [-0.05, 0) is 51.4 Å². The van der Waals surface area contributed by atoms with Crippen molar-refractivity contribution in [3.8, 4) is 0 Å². The van der Waals surface area contributed by atoms with E-state index >= 15 is 0 Å². The van der Waals surface area contributed by atoms with Crippen molar-refractivity contribution < 1.29 is 28.6 Å². The van der Waals surface area contributed by atoms with Gasteiger partial charge in [0.05, 0.1) is 0 Å². The summed E-state index contributed by atoms with van der Waals surface area (Å²) in [7, 11) is 0. The molecule has 0 aromatic rings. The average molecular weight is 1030 g/mol. The molecule has 0 N–H and O–H groups in total. The highest BCUT2D eigenvalue weighted by molar-refractivity contribution is 5.71. The smallest absolute Gasteiger partial charge is 0.306 e. The molecule has 0 rings (SSSR count). The molecule has 73 heavy (non-hydrogen) atoms. The summed E-state index contributed by atoms with van der Waals surface area (Å²) >= 11 is 0. The van der Waals surface area contributed by atoms with Gasteiger partial charge in [-0.15, -0.1) is 0 Å². The summed E-state index contributed by atoms with van der Waals surface area (Å²) in [4.78, 5) is 37.9. The number of ether oxygens (including phenoxy) is 3. The Hall–Kier alpha value is -2.11. The van der Waals surface area contributed by atoms with E-state index in [4.69, 9.17) is 14.2 Å². The molecule has 0 aliphatic heterocycles. The van der Waals surface area contributed by atoms with Crippen LogP contribution in [0, 0.1) is 0 Å². The van der Waals surface area contributed by atoms with Crippen molar-refractivity contribution in [2.24, 2.45) is 0 Å². The Balaban J connectivity index is 3.85. The van der Waals surface area contributed by atoms with Gasteiger partial charge in [-0.25, -0.2) is 0 Å². The molecular formula is C67H126O6. The summed E-state index contributed by atoms with van der Waals surface area (Å²) in [5.74, 6) is -0.851. The van der Waals surface area contributed by atoms with Crippen LogP contribution in [0.5, 0.6) is 0 Å². The van der Waals surface area contributed by atoms with E-state index in [9.17, 15) is 14.4 Å². The number of carbonyl (C=O) groups excluding carboxylic acids is 3. The van der Waals surface area contributed by atoms with Gasteiger partial charge in [-0.2, -0.15) is 0 Å². The molecule has 430 valence electrons. The van der Waals surface area contributed by atoms with E-state index in [2.05, 4.69) is 45.1 Å². The van der Waals surface area contributed by atoms with Crippen LogP contribution in [-0.2, 0) is 28.6 Å². The van der Waals surface area contributed by atoms with Crippen LogP contribution in [0.15, 0.2) is 24.3 Å². The van der Waals surface area contributed by atoms with Crippen LogP contribution >= 0.6 is 0 Å². The highest BCUT2D eigenvalue weighted by Crippen LogP contribution is 2.18. The number of unbranched alkanes of at least 4 members (excludes halogenated alkanes) is 46. The summed E-state index contributed by atoms with van der Waals surface area (Å²) in [5.41, 5.74) is 0. The number of hydrogen-bond donors (Lipinski definition) is 0. The summed E-state index contributed by atoms with van der Waals surface area (Å²) in [6, 6.07) is 0. The van der Waals surface area contributed by atoms with Crippen molar-refractivity contribution >= 4 is 17.9 Å². The first kappa shape index (κ1) is 70.9. The van der Waals surface area contributed by atoms with E-state index < -0.39 is 6.10 Å². The largest absolute Gasteiger partial charge is 0.462 e. The zero-order valence-electron chi connectivity index (χ0n) is 49.4. The fourth-order valence-corrected chi connectivity index (χ4v) is 10.0. The van der Waals surface area contributed by atoms with E-state index in [0.717, 1.165) is 64.2 Å². The summed E-state index contributed by atoms with van der Waals surface area (Å²) in [5, 5.41) is 0. The van der Waals surface area contributed by atoms with Crippen LogP contribution in [-0.4, -0.2) is 37.2 Å². The molecule has 0 radical (unpaired) electrons. The van der Waals surface area contributed by atoms with Crippen molar-refractivity contribution in [3.05, 3.63) is 24.3 Å². The maximum Gasteiger partial charge on any atom is 0.306 e. The Morgan fingerprint density at radius 1 is 0.274 bits per heavy atom. The van der Waals surface area contributed by atoms with E-state index in [1.54, 1.807) is 0 Å². The van der Waals surface area contributed by atoms with Crippen LogP contribution in [0.4, 0.5) is 0 Å². The molecule has 1 atom stereocenters. The van der Waals surface area contributed by atoms with E-state index in [0.29, 0.717) is 19.3 Å². The maximum absolute atomic E-state index is 12.8. The first-order chi connectivity index (χ1) is 36.0. The molecule has 0 spiro atoms. The molecule has 6 nitrogen and oxygen atoms in total. The molecule has 0 aromatic heterocycles. The number of esters is 3. The maximum atomic E-state index is 12.8. The minimum absolute atomic E-state index is 0.0643. The molecule has 0 aliphatic carbocycles. The first-order valence-corrected chi connectivity index (χ1v) is 32.8. The highest BCUT2D eigenvalue weighted by atomic mass is 16.6. The van der Waals surface area contributed by atoms with Gasteiger partial charge < -0.3 is 14.2 Å². The zero-order chi connectivity index (χ0) is 52.9. The lowest BCUT2D eigenvalue weighted by atomic mass is 10.0. The Labute approximate surface area is 455 Å². The second-order valence-corrected chi connectivity index (χ2v) is 22.4. The number of allylic oxidation sites excluding steroid dienone is 4. The van der Waals surface area contributed by atoms with Crippen molar-refractivity contribution in [2.45, 2.75) is 374 Å². The van der Waals surface area contributed by atoms with E-state index in [1.807, 2.05) is 0 Å². The third-order valence-corrected chi connectivity index (χ3v) is 15.0. The fourth-order valence-electron chi connectivity index (χ4n) is 10.0. The first-order valence-electron chi connectivity index (χ1n) is 32.8. The van der Waals surface area contributed by atoms with Gasteiger partial charge in [0.25, 0.3) is 0 Å². The van der Waals surface area contributed by atoms with Crippen molar-refractivity contribution in [2.75, 3.05) is 13.2 Å². The van der Waals surface area contributed by atoms with Gasteiger partial charge >= 0.3 is 17.9 Å². The van der Waals surface area contributed by atoms with Gasteiger partial charge in [0.1, 0.15) is 13.2 Å². The molecule has 0 heterocycles. The van der Waals surface area contributed by atoms with Crippen LogP contribution in [0.3, 0.4) is 0 Å². The molecule has 0 aliphatic rings. The molecule has 0 saturated carbocycles. The van der Waals surface area contributed by atoms with Crippen LogP contribution in [0.2, 0.25) is 0 Å². The third-order valence-electron chi connectivity index (χ3n) is 15.0. The summed E-state index contributed by atoms with van der Waals surface area (Å²) < 4.78 is 16.8. The van der Waals surface area contributed by atoms with E-state index in [1.165, 1.54) is 263 Å². The number of carbonyl (C=O) groups is 3. The minimum Gasteiger partial charge on any atom is -0.462 e. The monoisotopic (exact) mass is 1030 g/mol. The standard InChI is InChI=1S/C67H126O6/c1-4-7-10-13-16-18-20-22-24-25-26-27-28-29-30-31-32-33-34-35-36-37-38-39-40-41-42-43-44-46-47-49-51-54-57-60-66(69)72-63-64(62-71-65(68)59-56-53-15-12-9-6-3)73-67(70)61-58-55-52-50-48-45-23-21-19-17-14-11-8-5-2/h20,22,25-26,64H,4-19,21,23-24,27-63H2,1-3H3/b22-20-,26-25-. The van der Waals surface area contributed by atoms with Gasteiger partial charge in [0.15, 0.2) is 6.10 Å². The SMILES string of the molecule is CCCCCCC/C=C\C/C=C\CCCCCCCCCCCCCCCCCCCCCCCCCC(=O)OCC(COC(=O)CCCCCCCC)OC(=O)CCCCCCCCCCCCCCCC. The predicted molar refractivity (Wildman–Crippen MR) is 316 cm³/mol. The Bertz CT molecular complexity index is 1180. The quantitative estimate of drug-likeness (QED) is 0.0261. The van der Waals surface area contributed by atoms with Crippen molar-refractivity contribution in [1.29, 1.82) is 0 Å². The fraction of sp³-hybridized carbons (Fsp3) is 0.896. The number of hydrogen-bond acceptors (Lipinski definition) is 6. The molecule has 0 aromatic carbocycles.